The van der Waals surface area contributed by atoms with Gasteiger partial charge < -0.3 is 18.8 Å². The summed E-state index contributed by atoms with van der Waals surface area (Å²) in [6.07, 6.45) is 0. The van der Waals surface area contributed by atoms with Crippen LogP contribution in [0.25, 0.3) is 11.0 Å². The third kappa shape index (κ3) is 3.56. The van der Waals surface area contributed by atoms with Crippen molar-refractivity contribution in [1.82, 2.24) is 4.90 Å². The van der Waals surface area contributed by atoms with E-state index in [4.69, 9.17) is 25.5 Å². The second kappa shape index (κ2) is 7.07. The van der Waals surface area contributed by atoms with Crippen LogP contribution in [0.3, 0.4) is 0 Å². The van der Waals surface area contributed by atoms with Crippen LogP contribution in [0.1, 0.15) is 16.1 Å². The standard InChI is InChI=1S/C19H18ClNO4/c1-21(11-12-4-6-16(23-2)17(8-12)24-3)19(22)18-10-13-9-14(20)5-7-15(13)25-18/h4-10H,11H2,1-3H3. The first kappa shape index (κ1) is 17.2. The Balaban J connectivity index is 1.79. The summed E-state index contributed by atoms with van der Waals surface area (Å²) in [5, 5.41) is 1.40. The van der Waals surface area contributed by atoms with Crippen molar-refractivity contribution < 1.29 is 18.7 Å². The van der Waals surface area contributed by atoms with Gasteiger partial charge in [-0.3, -0.25) is 4.79 Å². The number of hydrogen-bond donors (Lipinski definition) is 0. The highest BCUT2D eigenvalue weighted by atomic mass is 35.5. The number of rotatable bonds is 5. The molecule has 5 nitrogen and oxygen atoms in total. The van der Waals surface area contributed by atoms with Crippen molar-refractivity contribution in [1.29, 1.82) is 0 Å². The van der Waals surface area contributed by atoms with E-state index in [1.807, 2.05) is 18.2 Å². The second-order valence-electron chi connectivity index (χ2n) is 5.64. The molecular weight excluding hydrogens is 342 g/mol. The molecule has 0 spiro atoms. The zero-order valence-corrected chi connectivity index (χ0v) is 15.0. The van der Waals surface area contributed by atoms with Crippen molar-refractivity contribution in [3.8, 4) is 11.5 Å². The van der Waals surface area contributed by atoms with Gasteiger partial charge in [0.15, 0.2) is 17.3 Å². The van der Waals surface area contributed by atoms with E-state index in [1.165, 1.54) is 0 Å². The van der Waals surface area contributed by atoms with Crippen LogP contribution in [0.15, 0.2) is 46.9 Å². The molecule has 0 saturated carbocycles. The van der Waals surface area contributed by atoms with E-state index in [2.05, 4.69) is 0 Å². The zero-order valence-electron chi connectivity index (χ0n) is 14.2. The molecule has 130 valence electrons. The fourth-order valence-electron chi connectivity index (χ4n) is 2.63. The van der Waals surface area contributed by atoms with Gasteiger partial charge in [0.1, 0.15) is 5.58 Å². The minimum Gasteiger partial charge on any atom is -0.493 e. The molecule has 0 aliphatic carbocycles. The highest BCUT2D eigenvalue weighted by Crippen LogP contribution is 2.28. The fraction of sp³-hybridized carbons (Fsp3) is 0.211. The van der Waals surface area contributed by atoms with Crippen LogP contribution in [0, 0.1) is 0 Å². The molecule has 0 bridgehead atoms. The van der Waals surface area contributed by atoms with E-state index in [9.17, 15) is 4.79 Å². The normalized spacial score (nSPS) is 10.7. The van der Waals surface area contributed by atoms with E-state index in [0.29, 0.717) is 28.6 Å². The molecule has 0 radical (unpaired) electrons. The number of halogens is 1. The number of amides is 1. The lowest BCUT2D eigenvalue weighted by atomic mass is 10.2. The SMILES string of the molecule is COc1ccc(CN(C)C(=O)c2cc3cc(Cl)ccc3o2)cc1OC. The number of nitrogens with zero attached hydrogens (tertiary/aromatic N) is 1. The van der Waals surface area contributed by atoms with Crippen molar-refractivity contribution in [3.63, 3.8) is 0 Å². The number of furan rings is 1. The fourth-order valence-corrected chi connectivity index (χ4v) is 2.81. The van der Waals surface area contributed by atoms with Crippen LogP contribution < -0.4 is 9.47 Å². The van der Waals surface area contributed by atoms with E-state index in [-0.39, 0.29) is 11.7 Å². The highest BCUT2D eigenvalue weighted by Gasteiger charge is 2.18. The molecule has 2 aromatic carbocycles. The summed E-state index contributed by atoms with van der Waals surface area (Å²) < 4.78 is 16.2. The lowest BCUT2D eigenvalue weighted by molar-refractivity contribution is 0.0755. The number of fused-ring (bicyclic) bond motifs is 1. The first-order valence-electron chi connectivity index (χ1n) is 7.67. The number of hydrogen-bond acceptors (Lipinski definition) is 4. The van der Waals surface area contributed by atoms with Gasteiger partial charge in [0.2, 0.25) is 0 Å². The van der Waals surface area contributed by atoms with Crippen molar-refractivity contribution >= 4 is 28.5 Å². The molecule has 0 fully saturated rings. The van der Waals surface area contributed by atoms with E-state index < -0.39 is 0 Å². The van der Waals surface area contributed by atoms with Gasteiger partial charge in [-0.15, -0.1) is 0 Å². The van der Waals surface area contributed by atoms with E-state index in [0.717, 1.165) is 10.9 Å². The molecule has 6 heteroatoms. The molecule has 25 heavy (non-hydrogen) atoms. The van der Waals surface area contributed by atoms with Crippen LogP contribution in [0.4, 0.5) is 0 Å². The Kier molecular flexibility index (Phi) is 4.86. The molecule has 0 aliphatic rings. The molecule has 1 heterocycles. The van der Waals surface area contributed by atoms with Gasteiger partial charge >= 0.3 is 0 Å². The number of carbonyl (C=O) groups is 1. The van der Waals surface area contributed by atoms with E-state index >= 15 is 0 Å². The summed E-state index contributed by atoms with van der Waals surface area (Å²) in [7, 11) is 4.89. The quantitative estimate of drug-likeness (QED) is 0.678. The first-order valence-corrected chi connectivity index (χ1v) is 8.05. The van der Waals surface area contributed by atoms with Crippen LogP contribution in [-0.2, 0) is 6.54 Å². The third-order valence-corrected chi connectivity index (χ3v) is 4.14. The first-order chi connectivity index (χ1) is 12.0. The van der Waals surface area contributed by atoms with Gasteiger partial charge in [-0.1, -0.05) is 17.7 Å². The molecule has 1 amide bonds. The Bertz CT molecular complexity index is 919. The monoisotopic (exact) mass is 359 g/mol. The lowest BCUT2D eigenvalue weighted by Crippen LogP contribution is -2.25. The van der Waals surface area contributed by atoms with Gasteiger partial charge in [-0.05, 0) is 42.0 Å². The molecule has 0 N–H and O–H groups in total. The Hall–Kier alpha value is -2.66. The van der Waals surface area contributed by atoms with Crippen LogP contribution in [0.2, 0.25) is 5.02 Å². The molecule has 1 aromatic heterocycles. The summed E-state index contributed by atoms with van der Waals surface area (Å²) in [6, 6.07) is 12.5. The second-order valence-corrected chi connectivity index (χ2v) is 6.08. The maximum absolute atomic E-state index is 12.6. The van der Waals surface area contributed by atoms with Gasteiger partial charge in [0.25, 0.3) is 5.91 Å². The summed E-state index contributed by atoms with van der Waals surface area (Å²) in [4.78, 5) is 14.2. The minimum atomic E-state index is -0.206. The number of ether oxygens (including phenoxy) is 2. The van der Waals surface area contributed by atoms with Gasteiger partial charge in [0, 0.05) is 24.0 Å². The molecule has 0 aliphatic heterocycles. The van der Waals surface area contributed by atoms with Gasteiger partial charge in [-0.25, -0.2) is 0 Å². The summed E-state index contributed by atoms with van der Waals surface area (Å²) in [5.41, 5.74) is 1.56. The predicted molar refractivity (Wildman–Crippen MR) is 96.6 cm³/mol. The number of carbonyl (C=O) groups excluding carboxylic acids is 1. The summed E-state index contributed by atoms with van der Waals surface area (Å²) >= 11 is 5.97. The Morgan fingerprint density at radius 2 is 1.84 bits per heavy atom. The molecule has 3 rings (SSSR count). The Morgan fingerprint density at radius 1 is 1.08 bits per heavy atom. The van der Waals surface area contributed by atoms with Crippen LogP contribution in [0.5, 0.6) is 11.5 Å². The number of methoxy groups -OCH3 is 2. The average molecular weight is 360 g/mol. The highest BCUT2D eigenvalue weighted by molar-refractivity contribution is 6.31. The number of benzene rings is 2. The zero-order chi connectivity index (χ0) is 18.0. The Morgan fingerprint density at radius 3 is 2.56 bits per heavy atom. The van der Waals surface area contributed by atoms with Crippen molar-refractivity contribution in [2.75, 3.05) is 21.3 Å². The van der Waals surface area contributed by atoms with Gasteiger partial charge in [0.05, 0.1) is 14.2 Å². The molecule has 3 aromatic rings. The molecule has 0 saturated heterocycles. The third-order valence-electron chi connectivity index (χ3n) is 3.90. The molecular formula is C19H18ClNO4. The average Bonchev–Trinajstić information content (AvgIpc) is 3.03. The Labute approximate surface area is 150 Å². The predicted octanol–water partition coefficient (Wildman–Crippen LogP) is 4.38. The lowest BCUT2D eigenvalue weighted by Gasteiger charge is -2.17. The maximum Gasteiger partial charge on any atom is 0.289 e. The van der Waals surface area contributed by atoms with Crippen molar-refractivity contribution in [3.05, 3.63) is 58.8 Å². The van der Waals surface area contributed by atoms with Crippen LogP contribution in [-0.4, -0.2) is 32.1 Å². The van der Waals surface area contributed by atoms with E-state index in [1.54, 1.807) is 50.4 Å². The smallest absolute Gasteiger partial charge is 0.289 e. The molecule has 0 unspecified atom stereocenters. The largest absolute Gasteiger partial charge is 0.493 e. The van der Waals surface area contributed by atoms with Crippen molar-refractivity contribution in [2.45, 2.75) is 6.54 Å². The van der Waals surface area contributed by atoms with Gasteiger partial charge in [-0.2, -0.15) is 0 Å². The van der Waals surface area contributed by atoms with Crippen LogP contribution >= 0.6 is 11.6 Å². The summed E-state index contributed by atoms with van der Waals surface area (Å²) in [5.74, 6) is 1.34. The van der Waals surface area contributed by atoms with Crippen molar-refractivity contribution in [2.24, 2.45) is 0 Å². The summed E-state index contributed by atoms with van der Waals surface area (Å²) in [6.45, 7) is 0.414. The molecule has 0 atom stereocenters. The minimum absolute atomic E-state index is 0.206. The topological polar surface area (TPSA) is 51.9 Å². The maximum atomic E-state index is 12.6.